The Balaban J connectivity index is 1.69. The van der Waals surface area contributed by atoms with Gasteiger partial charge in [0.1, 0.15) is 0 Å². The average molecular weight is 421 g/mol. The van der Waals surface area contributed by atoms with Crippen molar-refractivity contribution < 1.29 is 14.4 Å². The molecule has 0 spiro atoms. The fraction of sp³-hybridized carbons (Fsp3) is 0.368. The minimum atomic E-state index is -0.371. The van der Waals surface area contributed by atoms with E-state index in [0.29, 0.717) is 0 Å². The van der Waals surface area contributed by atoms with E-state index in [4.69, 9.17) is 9.47 Å². The van der Waals surface area contributed by atoms with Crippen molar-refractivity contribution >= 4 is 21.6 Å². The first-order chi connectivity index (χ1) is 12.5. The van der Waals surface area contributed by atoms with Gasteiger partial charge in [0, 0.05) is 31.8 Å². The summed E-state index contributed by atoms with van der Waals surface area (Å²) in [6.07, 6.45) is 1.81. The summed E-state index contributed by atoms with van der Waals surface area (Å²) in [5, 5.41) is 10.7. The molecule has 0 aliphatic carbocycles. The lowest BCUT2D eigenvalue weighted by Gasteiger charge is -2.30. The fourth-order valence-electron chi connectivity index (χ4n) is 3.28. The van der Waals surface area contributed by atoms with Crippen LogP contribution in [0.25, 0.3) is 0 Å². The van der Waals surface area contributed by atoms with Crippen molar-refractivity contribution in [1.82, 2.24) is 4.90 Å². The molecule has 138 valence electrons. The predicted molar refractivity (Wildman–Crippen MR) is 103 cm³/mol. The standard InChI is InChI=1S/C19H21BrN2O4/c1-25-17-11-14-8-10-21(12-16(14)18(20)19(17)26-2)9-7-13-3-5-15(6-4-13)22(23)24/h3-6,11H,7-10,12H2,1-2H3. The molecule has 0 atom stereocenters. The normalized spacial score (nSPS) is 14.0. The Morgan fingerprint density at radius 2 is 1.96 bits per heavy atom. The molecule has 7 heteroatoms. The Hall–Kier alpha value is -2.12. The topological polar surface area (TPSA) is 64.8 Å². The van der Waals surface area contributed by atoms with Crippen LogP contribution in [0.5, 0.6) is 11.5 Å². The van der Waals surface area contributed by atoms with Crippen molar-refractivity contribution in [2.75, 3.05) is 27.3 Å². The molecule has 1 heterocycles. The second-order valence-electron chi connectivity index (χ2n) is 6.26. The molecule has 0 fully saturated rings. The Labute approximate surface area is 161 Å². The van der Waals surface area contributed by atoms with Gasteiger partial charge in [0.25, 0.3) is 5.69 Å². The number of rotatable bonds is 6. The van der Waals surface area contributed by atoms with Crippen molar-refractivity contribution in [2.24, 2.45) is 0 Å². The van der Waals surface area contributed by atoms with E-state index in [9.17, 15) is 10.1 Å². The molecule has 0 amide bonds. The van der Waals surface area contributed by atoms with E-state index in [1.807, 2.05) is 12.1 Å². The van der Waals surface area contributed by atoms with Crippen molar-refractivity contribution in [3.05, 3.63) is 61.6 Å². The molecule has 2 aromatic carbocycles. The molecule has 6 nitrogen and oxygen atoms in total. The third kappa shape index (κ3) is 3.83. The SMILES string of the molecule is COc1cc2c(c(Br)c1OC)CN(CCc1ccc([N+](=O)[O-])cc1)CC2. The maximum atomic E-state index is 10.7. The van der Waals surface area contributed by atoms with Crippen LogP contribution in [0.2, 0.25) is 0 Å². The zero-order valence-corrected chi connectivity index (χ0v) is 16.4. The van der Waals surface area contributed by atoms with Crippen LogP contribution in [0.1, 0.15) is 16.7 Å². The molecule has 0 bridgehead atoms. The maximum Gasteiger partial charge on any atom is 0.269 e. The molecule has 0 aromatic heterocycles. The van der Waals surface area contributed by atoms with Crippen LogP contribution in [0.4, 0.5) is 5.69 Å². The van der Waals surface area contributed by atoms with Crippen molar-refractivity contribution in [3.8, 4) is 11.5 Å². The summed E-state index contributed by atoms with van der Waals surface area (Å²) in [5.41, 5.74) is 3.75. The number of nitrogens with zero attached hydrogens (tertiary/aromatic N) is 2. The van der Waals surface area contributed by atoms with Crippen molar-refractivity contribution in [1.29, 1.82) is 0 Å². The van der Waals surface area contributed by atoms with Gasteiger partial charge in [-0.25, -0.2) is 0 Å². The number of hydrogen-bond acceptors (Lipinski definition) is 5. The van der Waals surface area contributed by atoms with Crippen molar-refractivity contribution in [3.63, 3.8) is 0 Å². The van der Waals surface area contributed by atoms with E-state index in [0.717, 1.165) is 54.0 Å². The van der Waals surface area contributed by atoms with Crippen molar-refractivity contribution in [2.45, 2.75) is 19.4 Å². The van der Waals surface area contributed by atoms with Gasteiger partial charge in [-0.05, 0) is 51.5 Å². The van der Waals surface area contributed by atoms with Gasteiger partial charge in [-0.2, -0.15) is 0 Å². The highest BCUT2D eigenvalue weighted by molar-refractivity contribution is 9.10. The molecule has 0 saturated heterocycles. The van der Waals surface area contributed by atoms with Crippen LogP contribution in [-0.2, 0) is 19.4 Å². The molecule has 0 radical (unpaired) electrons. The monoisotopic (exact) mass is 420 g/mol. The van der Waals surface area contributed by atoms with E-state index < -0.39 is 0 Å². The third-order valence-corrected chi connectivity index (χ3v) is 5.59. The highest BCUT2D eigenvalue weighted by atomic mass is 79.9. The molecule has 0 unspecified atom stereocenters. The van der Waals surface area contributed by atoms with Crippen LogP contribution < -0.4 is 9.47 Å². The van der Waals surface area contributed by atoms with Gasteiger partial charge in [-0.1, -0.05) is 12.1 Å². The highest BCUT2D eigenvalue weighted by Crippen LogP contribution is 2.41. The number of hydrogen-bond donors (Lipinski definition) is 0. The van der Waals surface area contributed by atoms with Crippen LogP contribution in [-0.4, -0.2) is 37.1 Å². The molecule has 26 heavy (non-hydrogen) atoms. The van der Waals surface area contributed by atoms with E-state index in [1.54, 1.807) is 26.4 Å². The van der Waals surface area contributed by atoms with E-state index >= 15 is 0 Å². The summed E-state index contributed by atoms with van der Waals surface area (Å²) in [7, 11) is 3.29. The number of non-ortho nitro benzene ring substituents is 1. The van der Waals surface area contributed by atoms with Crippen LogP contribution in [0.3, 0.4) is 0 Å². The first-order valence-electron chi connectivity index (χ1n) is 8.41. The summed E-state index contributed by atoms with van der Waals surface area (Å²) in [5.74, 6) is 1.47. The molecule has 2 aromatic rings. The number of methoxy groups -OCH3 is 2. The van der Waals surface area contributed by atoms with Gasteiger partial charge < -0.3 is 9.47 Å². The Morgan fingerprint density at radius 1 is 1.23 bits per heavy atom. The first kappa shape index (κ1) is 18.7. The van der Waals surface area contributed by atoms with Gasteiger partial charge in [-0.3, -0.25) is 15.0 Å². The largest absolute Gasteiger partial charge is 0.493 e. The third-order valence-electron chi connectivity index (χ3n) is 4.75. The summed E-state index contributed by atoms with van der Waals surface area (Å²) in [6, 6.07) is 8.86. The summed E-state index contributed by atoms with van der Waals surface area (Å²) < 4.78 is 11.9. The molecule has 3 rings (SSSR count). The molecular weight excluding hydrogens is 400 g/mol. The van der Waals surface area contributed by atoms with E-state index in [1.165, 1.54) is 11.1 Å². The second-order valence-corrected chi connectivity index (χ2v) is 7.06. The van der Waals surface area contributed by atoms with E-state index in [2.05, 4.69) is 26.9 Å². The smallest absolute Gasteiger partial charge is 0.269 e. The number of halogens is 1. The number of fused-ring (bicyclic) bond motifs is 1. The van der Waals surface area contributed by atoms with Gasteiger partial charge in [0.15, 0.2) is 11.5 Å². The zero-order chi connectivity index (χ0) is 18.7. The maximum absolute atomic E-state index is 10.7. The van der Waals surface area contributed by atoms with Crippen LogP contribution in [0.15, 0.2) is 34.8 Å². The number of nitro groups is 1. The molecule has 1 aliphatic rings. The lowest BCUT2D eigenvalue weighted by atomic mass is 9.98. The van der Waals surface area contributed by atoms with Gasteiger partial charge in [0.2, 0.25) is 0 Å². The van der Waals surface area contributed by atoms with Crippen LogP contribution >= 0.6 is 15.9 Å². The number of ether oxygens (including phenoxy) is 2. The zero-order valence-electron chi connectivity index (χ0n) is 14.8. The summed E-state index contributed by atoms with van der Waals surface area (Å²) in [6.45, 7) is 2.71. The van der Waals surface area contributed by atoms with Crippen LogP contribution in [0, 0.1) is 10.1 Å². The molecule has 0 N–H and O–H groups in total. The first-order valence-corrected chi connectivity index (χ1v) is 9.20. The Bertz CT molecular complexity index is 808. The number of benzene rings is 2. The predicted octanol–water partition coefficient (Wildman–Crippen LogP) is 3.98. The lowest BCUT2D eigenvalue weighted by molar-refractivity contribution is -0.384. The highest BCUT2D eigenvalue weighted by Gasteiger charge is 2.23. The van der Waals surface area contributed by atoms with Gasteiger partial charge in [-0.15, -0.1) is 0 Å². The second kappa shape index (κ2) is 8.05. The average Bonchev–Trinajstić information content (AvgIpc) is 2.66. The Kier molecular flexibility index (Phi) is 5.78. The molecule has 0 saturated carbocycles. The number of nitro benzene ring substituents is 1. The molecular formula is C19H21BrN2O4. The molecule has 1 aliphatic heterocycles. The lowest BCUT2D eigenvalue weighted by Crippen LogP contribution is -2.32. The minimum Gasteiger partial charge on any atom is -0.493 e. The summed E-state index contributed by atoms with van der Waals surface area (Å²) >= 11 is 3.67. The fourth-order valence-corrected chi connectivity index (χ4v) is 4.01. The van der Waals surface area contributed by atoms with Gasteiger partial charge >= 0.3 is 0 Å². The minimum absolute atomic E-state index is 0.130. The quantitative estimate of drug-likeness (QED) is 0.522. The van der Waals surface area contributed by atoms with Gasteiger partial charge in [0.05, 0.1) is 23.6 Å². The Morgan fingerprint density at radius 3 is 2.58 bits per heavy atom. The summed E-state index contributed by atoms with van der Waals surface area (Å²) in [4.78, 5) is 12.8. The van der Waals surface area contributed by atoms with E-state index in [-0.39, 0.29) is 10.6 Å².